The van der Waals surface area contributed by atoms with E-state index in [1.165, 1.54) is 12.8 Å². The number of aromatic hydroxyl groups is 1. The minimum atomic E-state index is -0.905. The van der Waals surface area contributed by atoms with Crippen molar-refractivity contribution in [3.63, 3.8) is 0 Å². The summed E-state index contributed by atoms with van der Waals surface area (Å²) in [6, 6.07) is 3.64. The summed E-state index contributed by atoms with van der Waals surface area (Å²) in [5.74, 6) is 1.51. The van der Waals surface area contributed by atoms with Crippen LogP contribution in [-0.4, -0.2) is 63.2 Å². The van der Waals surface area contributed by atoms with Gasteiger partial charge in [0.05, 0.1) is 11.0 Å². The van der Waals surface area contributed by atoms with Gasteiger partial charge < -0.3 is 30.8 Å². The molecule has 4 atom stereocenters. The maximum atomic E-state index is 12.8. The Morgan fingerprint density at radius 1 is 1.26 bits per heavy atom. The molecule has 1 aromatic carbocycles. The molecule has 2 heterocycles. The van der Waals surface area contributed by atoms with Crippen LogP contribution in [0, 0.1) is 11.8 Å². The molecule has 2 bridgehead atoms. The van der Waals surface area contributed by atoms with Crippen molar-refractivity contribution < 1.29 is 30.7 Å². The van der Waals surface area contributed by atoms with E-state index >= 15 is 0 Å². The molecule has 2 aliphatic heterocycles. The fourth-order valence-corrected chi connectivity index (χ4v) is 6.24. The molecule has 7 heteroatoms. The van der Waals surface area contributed by atoms with Gasteiger partial charge in [-0.15, -0.1) is 0 Å². The lowest BCUT2D eigenvalue weighted by Crippen LogP contribution is -2.75. The first-order chi connectivity index (χ1) is 12.0. The minimum absolute atomic E-state index is 0. The quantitative estimate of drug-likeness (QED) is 0.732. The van der Waals surface area contributed by atoms with E-state index in [1.807, 2.05) is 6.07 Å². The maximum absolute atomic E-state index is 12.8. The highest BCUT2D eigenvalue weighted by Gasteiger charge is 2.73. The molecule has 6 rings (SSSR count). The summed E-state index contributed by atoms with van der Waals surface area (Å²) in [7, 11) is 0. The third-order valence-corrected chi connectivity index (χ3v) is 7.48. The van der Waals surface area contributed by atoms with Crippen molar-refractivity contribution in [2.45, 2.75) is 49.2 Å². The molecule has 6 N–H and O–H groups in total. The summed E-state index contributed by atoms with van der Waals surface area (Å²) in [5.41, 5.74) is 0.454. The second-order valence-electron chi connectivity index (χ2n) is 8.85. The third-order valence-electron chi connectivity index (χ3n) is 7.48. The fourth-order valence-electron chi connectivity index (χ4n) is 6.24. The number of likely N-dealkylation sites (tertiary alicyclic amines) is 1. The molecule has 3 fully saturated rings. The van der Waals surface area contributed by atoms with Gasteiger partial charge in [0.25, 0.3) is 0 Å². The molecule has 0 radical (unpaired) electrons. The molecule has 1 spiro atoms. The van der Waals surface area contributed by atoms with Gasteiger partial charge in [0, 0.05) is 37.5 Å². The fraction of sp³-hybridized carbons (Fsp3) is 0.650. The number of Topliss-reactive ketones (excluding diaryl/α,β-unsaturated/α-hetero) is 1. The average Bonchev–Trinajstić information content (AvgIpc) is 3.30. The number of hydrogen-bond acceptors (Lipinski definition) is 5. The summed E-state index contributed by atoms with van der Waals surface area (Å²) in [5, 5.41) is 22.2. The zero-order valence-electron chi connectivity index (χ0n) is 15.2. The number of phenols is 1. The van der Waals surface area contributed by atoms with Crippen molar-refractivity contribution in [3.05, 3.63) is 23.3 Å². The number of phenolic OH excluding ortho intramolecular Hbond substituents is 1. The number of aliphatic hydroxyl groups is 1. The number of carbonyl (C=O) groups is 1. The molecule has 27 heavy (non-hydrogen) atoms. The zero-order chi connectivity index (χ0) is 17.0. The lowest BCUT2D eigenvalue weighted by atomic mass is 9.48. The van der Waals surface area contributed by atoms with E-state index in [0.29, 0.717) is 25.1 Å². The van der Waals surface area contributed by atoms with Crippen LogP contribution in [0.3, 0.4) is 0 Å². The molecule has 1 unspecified atom stereocenters. The topological polar surface area (TPSA) is 133 Å². The predicted molar refractivity (Wildman–Crippen MR) is 97.0 cm³/mol. The summed E-state index contributed by atoms with van der Waals surface area (Å²) >= 11 is 0. The Morgan fingerprint density at radius 3 is 2.78 bits per heavy atom. The molecule has 5 aliphatic rings. The van der Waals surface area contributed by atoms with E-state index in [4.69, 9.17) is 4.74 Å². The summed E-state index contributed by atoms with van der Waals surface area (Å²) in [6.07, 6.45) is 3.61. The van der Waals surface area contributed by atoms with Gasteiger partial charge in [-0.2, -0.15) is 0 Å². The molecule has 2 saturated carbocycles. The van der Waals surface area contributed by atoms with Gasteiger partial charge in [0.2, 0.25) is 0 Å². The highest BCUT2D eigenvalue weighted by molar-refractivity contribution is 5.90. The highest BCUT2D eigenvalue weighted by Crippen LogP contribution is 2.64. The number of piperidine rings is 1. The first-order valence-corrected chi connectivity index (χ1v) is 9.52. The Bertz CT molecular complexity index is 808. The van der Waals surface area contributed by atoms with Gasteiger partial charge in [-0.05, 0) is 43.2 Å². The van der Waals surface area contributed by atoms with Crippen molar-refractivity contribution in [2.24, 2.45) is 11.8 Å². The first kappa shape index (κ1) is 18.7. The van der Waals surface area contributed by atoms with Gasteiger partial charge in [-0.3, -0.25) is 4.79 Å². The van der Waals surface area contributed by atoms with Crippen molar-refractivity contribution in [3.8, 4) is 11.5 Å². The van der Waals surface area contributed by atoms with Crippen LogP contribution in [-0.2, 0) is 16.6 Å². The van der Waals surface area contributed by atoms with Gasteiger partial charge in [-0.25, -0.2) is 0 Å². The number of hydrogen-bond donors (Lipinski definition) is 2. The van der Waals surface area contributed by atoms with Gasteiger partial charge in [0.15, 0.2) is 23.4 Å². The molecule has 3 aliphatic carbocycles. The number of benzene rings is 1. The Balaban J connectivity index is 0.000000900. The summed E-state index contributed by atoms with van der Waals surface area (Å²) in [4.78, 5) is 15.2. The third kappa shape index (κ3) is 2.08. The van der Waals surface area contributed by atoms with Crippen molar-refractivity contribution in [2.75, 3.05) is 19.6 Å². The van der Waals surface area contributed by atoms with Crippen LogP contribution in [0.15, 0.2) is 12.1 Å². The summed E-state index contributed by atoms with van der Waals surface area (Å²) < 4.78 is 6.07. The van der Waals surface area contributed by atoms with Crippen LogP contribution in [0.2, 0.25) is 0 Å². The molecule has 148 valence electrons. The van der Waals surface area contributed by atoms with Crippen LogP contribution in [0.1, 0.15) is 36.8 Å². The van der Waals surface area contributed by atoms with E-state index in [9.17, 15) is 15.0 Å². The molecular weight excluding hydrogens is 350 g/mol. The van der Waals surface area contributed by atoms with E-state index < -0.39 is 17.1 Å². The Hall–Kier alpha value is -1.67. The van der Waals surface area contributed by atoms with E-state index in [2.05, 4.69) is 4.90 Å². The Labute approximate surface area is 157 Å². The maximum Gasteiger partial charge on any atom is 0.174 e. The second-order valence-corrected chi connectivity index (χ2v) is 8.85. The lowest BCUT2D eigenvalue weighted by molar-refractivity contribution is -0.188. The van der Waals surface area contributed by atoms with Crippen LogP contribution in [0.4, 0.5) is 0 Å². The van der Waals surface area contributed by atoms with Gasteiger partial charge in [-0.1, -0.05) is 6.07 Å². The first-order valence-electron chi connectivity index (χ1n) is 9.52. The van der Waals surface area contributed by atoms with Crippen LogP contribution in [0.5, 0.6) is 11.5 Å². The number of rotatable bonds is 2. The van der Waals surface area contributed by atoms with Gasteiger partial charge >= 0.3 is 0 Å². The number of ether oxygens (including phenoxy) is 1. The van der Waals surface area contributed by atoms with Crippen molar-refractivity contribution in [1.82, 2.24) is 4.90 Å². The van der Waals surface area contributed by atoms with Gasteiger partial charge in [0.1, 0.15) is 0 Å². The van der Waals surface area contributed by atoms with Crippen LogP contribution in [0.25, 0.3) is 0 Å². The largest absolute Gasteiger partial charge is 0.504 e. The predicted octanol–water partition coefficient (Wildman–Crippen LogP) is -0.266. The molecule has 0 amide bonds. The number of carbonyl (C=O) groups excluding carboxylic acids is 1. The number of nitrogens with zero attached hydrogens (tertiary/aromatic N) is 1. The Kier molecular flexibility index (Phi) is 3.92. The smallest absolute Gasteiger partial charge is 0.174 e. The monoisotopic (exact) mass is 377 g/mol. The molecular formula is C20H27NO6. The van der Waals surface area contributed by atoms with Crippen LogP contribution < -0.4 is 4.74 Å². The average molecular weight is 377 g/mol. The minimum Gasteiger partial charge on any atom is -0.504 e. The number of ketones is 1. The molecule has 0 aromatic heterocycles. The van der Waals surface area contributed by atoms with Crippen LogP contribution >= 0.6 is 0 Å². The molecule has 1 saturated heterocycles. The van der Waals surface area contributed by atoms with Crippen molar-refractivity contribution in [1.29, 1.82) is 0 Å². The SMILES string of the molecule is O.O.O=C1CCC2(O)[C@@H]3Cc4ccc(O)c5c4[C@@]2(CN(CC2CC2)C3)[C@H]1O5. The normalized spacial score (nSPS) is 38.3. The van der Waals surface area contributed by atoms with E-state index in [-0.39, 0.29) is 28.4 Å². The summed E-state index contributed by atoms with van der Waals surface area (Å²) in [6.45, 7) is 2.61. The second kappa shape index (κ2) is 5.67. The highest BCUT2D eigenvalue weighted by atomic mass is 16.5. The van der Waals surface area contributed by atoms with E-state index in [0.717, 1.165) is 36.6 Å². The van der Waals surface area contributed by atoms with Crippen molar-refractivity contribution >= 4 is 5.78 Å². The molecule has 1 aromatic rings. The molecule has 7 nitrogen and oxygen atoms in total. The lowest BCUT2D eigenvalue weighted by Gasteiger charge is -2.61. The zero-order valence-corrected chi connectivity index (χ0v) is 15.2. The van der Waals surface area contributed by atoms with E-state index in [1.54, 1.807) is 6.07 Å². The standard InChI is InChI=1S/C20H23NO4.2H2O/c22-14-4-3-12-7-13-9-21(8-11-1-2-11)10-19-16(12)17(14)25-18(19)15(23)5-6-20(13,19)24;;/h3-4,11,13,18,22,24H,1-2,5-10H2;2*1H2/t13-,18+,19+,20?;;/m1../s1. The Morgan fingerprint density at radius 2 is 2.04 bits per heavy atom.